The standard InChI is InChI=1S/C16H28N4O3/c1-11(2)14(16(23)19-8-3-4-9-19)20(13(21)10-17)15(22)12-6-5-7-18-12/h11-12,14,18H,3-10,17H2,1-2H3. The SMILES string of the molecule is CC(C)C(C(=O)N1CCCC1)N(C(=O)CN)C(=O)C1CCCN1. The molecule has 7 heteroatoms. The number of rotatable bonds is 5. The van der Waals surface area contributed by atoms with Gasteiger partial charge in [0.05, 0.1) is 12.6 Å². The van der Waals surface area contributed by atoms with Crippen molar-refractivity contribution in [3.05, 3.63) is 0 Å². The van der Waals surface area contributed by atoms with E-state index in [1.54, 1.807) is 4.90 Å². The molecule has 0 aromatic heterocycles. The summed E-state index contributed by atoms with van der Waals surface area (Å²) in [4.78, 5) is 41.0. The highest BCUT2D eigenvalue weighted by Crippen LogP contribution is 2.20. The first-order valence-corrected chi connectivity index (χ1v) is 8.55. The molecule has 0 bridgehead atoms. The van der Waals surface area contributed by atoms with Crippen molar-refractivity contribution in [2.24, 2.45) is 11.7 Å². The minimum Gasteiger partial charge on any atom is -0.341 e. The molecule has 2 unspecified atom stereocenters. The van der Waals surface area contributed by atoms with Crippen molar-refractivity contribution < 1.29 is 14.4 Å². The van der Waals surface area contributed by atoms with Crippen LogP contribution < -0.4 is 11.1 Å². The highest BCUT2D eigenvalue weighted by atomic mass is 16.2. The first kappa shape index (κ1) is 17.9. The predicted octanol–water partition coefficient (Wildman–Crippen LogP) is -0.301. The Balaban J connectivity index is 2.26. The van der Waals surface area contributed by atoms with Crippen molar-refractivity contribution in [2.75, 3.05) is 26.2 Å². The van der Waals surface area contributed by atoms with E-state index in [0.717, 1.165) is 30.7 Å². The Hall–Kier alpha value is -1.47. The zero-order chi connectivity index (χ0) is 17.0. The topological polar surface area (TPSA) is 95.7 Å². The first-order chi connectivity index (χ1) is 11.0. The molecule has 3 amide bonds. The fraction of sp³-hybridized carbons (Fsp3) is 0.812. The van der Waals surface area contributed by atoms with E-state index in [4.69, 9.17) is 5.73 Å². The maximum absolute atomic E-state index is 12.9. The summed E-state index contributed by atoms with van der Waals surface area (Å²) in [7, 11) is 0. The smallest absolute Gasteiger partial charge is 0.247 e. The predicted molar refractivity (Wildman–Crippen MR) is 86.4 cm³/mol. The second-order valence-corrected chi connectivity index (χ2v) is 6.68. The molecule has 0 aromatic rings. The Bertz CT molecular complexity index is 454. The van der Waals surface area contributed by atoms with E-state index in [2.05, 4.69) is 5.32 Å². The lowest BCUT2D eigenvalue weighted by Crippen LogP contribution is -2.59. The van der Waals surface area contributed by atoms with Gasteiger partial charge in [-0.3, -0.25) is 19.3 Å². The summed E-state index contributed by atoms with van der Waals surface area (Å²) >= 11 is 0. The number of nitrogens with zero attached hydrogens (tertiary/aromatic N) is 2. The zero-order valence-corrected chi connectivity index (χ0v) is 14.1. The number of imide groups is 1. The molecular formula is C16H28N4O3. The molecule has 0 saturated carbocycles. The molecule has 0 aromatic carbocycles. The van der Waals surface area contributed by atoms with Gasteiger partial charge in [-0.05, 0) is 38.1 Å². The van der Waals surface area contributed by atoms with Crippen LogP contribution in [0.3, 0.4) is 0 Å². The van der Waals surface area contributed by atoms with Crippen molar-refractivity contribution in [1.29, 1.82) is 0 Å². The Morgan fingerprint density at radius 3 is 2.35 bits per heavy atom. The Morgan fingerprint density at radius 1 is 1.22 bits per heavy atom. The number of likely N-dealkylation sites (tertiary alicyclic amines) is 1. The number of hydrogen-bond donors (Lipinski definition) is 2. The fourth-order valence-electron chi connectivity index (χ4n) is 3.39. The molecule has 2 aliphatic heterocycles. The molecule has 23 heavy (non-hydrogen) atoms. The van der Waals surface area contributed by atoms with Crippen LogP contribution >= 0.6 is 0 Å². The van der Waals surface area contributed by atoms with Gasteiger partial charge in [-0.25, -0.2) is 0 Å². The average molecular weight is 324 g/mol. The van der Waals surface area contributed by atoms with Gasteiger partial charge >= 0.3 is 0 Å². The van der Waals surface area contributed by atoms with Crippen molar-refractivity contribution >= 4 is 17.7 Å². The molecule has 2 fully saturated rings. The van der Waals surface area contributed by atoms with E-state index in [-0.39, 0.29) is 24.3 Å². The number of hydrogen-bond acceptors (Lipinski definition) is 5. The van der Waals surface area contributed by atoms with Crippen LogP contribution in [0.2, 0.25) is 0 Å². The van der Waals surface area contributed by atoms with Gasteiger partial charge in [-0.15, -0.1) is 0 Å². The number of nitrogens with one attached hydrogen (secondary N) is 1. The quantitative estimate of drug-likeness (QED) is 0.724. The van der Waals surface area contributed by atoms with Gasteiger partial charge in [0.1, 0.15) is 6.04 Å². The van der Waals surface area contributed by atoms with Gasteiger partial charge in [-0.2, -0.15) is 0 Å². The van der Waals surface area contributed by atoms with E-state index in [1.165, 1.54) is 0 Å². The molecule has 2 atom stereocenters. The van der Waals surface area contributed by atoms with Gasteiger partial charge in [0.25, 0.3) is 0 Å². The van der Waals surface area contributed by atoms with Crippen LogP contribution in [0.4, 0.5) is 0 Å². The van der Waals surface area contributed by atoms with E-state index in [1.807, 2.05) is 13.8 Å². The van der Waals surface area contributed by atoms with Crippen molar-refractivity contribution in [3.8, 4) is 0 Å². The summed E-state index contributed by atoms with van der Waals surface area (Å²) in [6, 6.07) is -1.16. The van der Waals surface area contributed by atoms with E-state index < -0.39 is 18.0 Å². The minimum absolute atomic E-state index is 0.134. The van der Waals surface area contributed by atoms with Crippen LogP contribution in [0.25, 0.3) is 0 Å². The fourth-order valence-corrected chi connectivity index (χ4v) is 3.39. The third-order valence-corrected chi connectivity index (χ3v) is 4.62. The molecule has 2 heterocycles. The van der Waals surface area contributed by atoms with Crippen LogP contribution in [-0.4, -0.2) is 65.8 Å². The lowest BCUT2D eigenvalue weighted by atomic mass is 9.99. The van der Waals surface area contributed by atoms with Gasteiger partial charge in [-0.1, -0.05) is 13.8 Å². The van der Waals surface area contributed by atoms with Crippen LogP contribution in [0, 0.1) is 5.92 Å². The van der Waals surface area contributed by atoms with Crippen LogP contribution in [0.1, 0.15) is 39.5 Å². The maximum Gasteiger partial charge on any atom is 0.247 e. The summed E-state index contributed by atoms with van der Waals surface area (Å²) < 4.78 is 0. The molecular weight excluding hydrogens is 296 g/mol. The third kappa shape index (κ3) is 3.90. The zero-order valence-electron chi connectivity index (χ0n) is 14.1. The second kappa shape index (κ2) is 7.88. The maximum atomic E-state index is 12.9. The normalized spacial score (nSPS) is 22.4. The molecule has 2 rings (SSSR count). The average Bonchev–Trinajstić information content (AvgIpc) is 3.23. The summed E-state index contributed by atoms with van der Waals surface area (Å²) in [5.41, 5.74) is 5.51. The summed E-state index contributed by atoms with van der Waals surface area (Å²) in [6.07, 6.45) is 3.53. The lowest BCUT2D eigenvalue weighted by Gasteiger charge is -2.35. The molecule has 2 saturated heterocycles. The number of amides is 3. The minimum atomic E-state index is -0.765. The summed E-state index contributed by atoms with van der Waals surface area (Å²) in [5.74, 6) is -1.08. The van der Waals surface area contributed by atoms with Crippen LogP contribution in [0.5, 0.6) is 0 Å². The van der Waals surface area contributed by atoms with Gasteiger partial charge in [0, 0.05) is 13.1 Å². The molecule has 0 aliphatic carbocycles. The largest absolute Gasteiger partial charge is 0.341 e. The van der Waals surface area contributed by atoms with E-state index in [0.29, 0.717) is 19.5 Å². The van der Waals surface area contributed by atoms with Crippen molar-refractivity contribution in [1.82, 2.24) is 15.1 Å². The van der Waals surface area contributed by atoms with Crippen molar-refractivity contribution in [3.63, 3.8) is 0 Å². The van der Waals surface area contributed by atoms with Crippen LogP contribution in [0.15, 0.2) is 0 Å². The second-order valence-electron chi connectivity index (χ2n) is 6.68. The summed E-state index contributed by atoms with van der Waals surface area (Å²) in [6.45, 7) is 5.61. The Labute approximate surface area is 137 Å². The number of carbonyl (C=O) groups is 3. The summed E-state index contributed by atoms with van der Waals surface area (Å²) in [5, 5.41) is 3.11. The highest BCUT2D eigenvalue weighted by Gasteiger charge is 2.41. The Kier molecular flexibility index (Phi) is 6.12. The van der Waals surface area contributed by atoms with Crippen molar-refractivity contribution in [2.45, 2.75) is 51.6 Å². The lowest BCUT2D eigenvalue weighted by molar-refractivity contribution is -0.157. The molecule has 7 nitrogen and oxygen atoms in total. The third-order valence-electron chi connectivity index (χ3n) is 4.62. The first-order valence-electron chi connectivity index (χ1n) is 8.55. The number of nitrogens with two attached hydrogens (primary N) is 1. The van der Waals surface area contributed by atoms with E-state index in [9.17, 15) is 14.4 Å². The number of carbonyl (C=O) groups excluding carboxylic acids is 3. The van der Waals surface area contributed by atoms with Crippen LogP contribution in [-0.2, 0) is 14.4 Å². The molecule has 3 N–H and O–H groups in total. The van der Waals surface area contributed by atoms with Gasteiger partial charge in [0.15, 0.2) is 0 Å². The van der Waals surface area contributed by atoms with E-state index >= 15 is 0 Å². The molecule has 2 aliphatic rings. The van der Waals surface area contributed by atoms with Gasteiger partial charge in [0.2, 0.25) is 17.7 Å². The Morgan fingerprint density at radius 2 is 1.87 bits per heavy atom. The van der Waals surface area contributed by atoms with Gasteiger partial charge < -0.3 is 16.0 Å². The molecule has 0 radical (unpaired) electrons. The molecule has 130 valence electrons. The monoisotopic (exact) mass is 324 g/mol. The highest BCUT2D eigenvalue weighted by molar-refractivity contribution is 6.03. The molecule has 0 spiro atoms.